The molecular formula is C20H24N4O4. The van der Waals surface area contributed by atoms with Crippen molar-refractivity contribution in [2.75, 3.05) is 25.6 Å². The standard InChI is InChI=1S/C20H24N4O4/c1-14(2)13-18(25)21-15-6-8-16(9-7-15)24-19(17-5-4-10-27-17)22-20(23-24)28-12-11-26-3/h4-10,14H,11-13H2,1-3H3,(H,21,25). The summed E-state index contributed by atoms with van der Waals surface area (Å²) in [6.07, 6.45) is 2.06. The maximum atomic E-state index is 11.9. The highest BCUT2D eigenvalue weighted by atomic mass is 16.5. The van der Waals surface area contributed by atoms with Crippen LogP contribution in [0.15, 0.2) is 47.1 Å². The Hall–Kier alpha value is -3.13. The van der Waals surface area contributed by atoms with Crippen LogP contribution in [0.5, 0.6) is 6.01 Å². The van der Waals surface area contributed by atoms with E-state index in [-0.39, 0.29) is 11.9 Å². The number of furan rings is 1. The number of rotatable bonds is 9. The molecule has 0 saturated carbocycles. The Balaban J connectivity index is 1.82. The van der Waals surface area contributed by atoms with Gasteiger partial charge < -0.3 is 19.2 Å². The van der Waals surface area contributed by atoms with Crippen molar-refractivity contribution in [3.05, 3.63) is 42.7 Å². The summed E-state index contributed by atoms with van der Waals surface area (Å²) >= 11 is 0. The lowest BCUT2D eigenvalue weighted by molar-refractivity contribution is -0.116. The number of hydrogen-bond acceptors (Lipinski definition) is 6. The molecule has 1 amide bonds. The maximum Gasteiger partial charge on any atom is 0.336 e. The van der Waals surface area contributed by atoms with Crippen molar-refractivity contribution in [1.29, 1.82) is 0 Å². The zero-order valence-electron chi connectivity index (χ0n) is 16.2. The topological polar surface area (TPSA) is 91.4 Å². The Morgan fingerprint density at radius 3 is 2.64 bits per heavy atom. The molecule has 0 aliphatic heterocycles. The molecule has 0 radical (unpaired) electrons. The molecule has 2 aromatic heterocycles. The zero-order valence-corrected chi connectivity index (χ0v) is 16.2. The van der Waals surface area contributed by atoms with Crippen LogP contribution in [0.4, 0.5) is 5.69 Å². The summed E-state index contributed by atoms with van der Waals surface area (Å²) in [4.78, 5) is 16.4. The van der Waals surface area contributed by atoms with E-state index in [4.69, 9.17) is 13.9 Å². The Bertz CT molecular complexity index is 886. The minimum atomic E-state index is -0.00592. The molecular weight excluding hydrogens is 360 g/mol. The van der Waals surface area contributed by atoms with E-state index in [9.17, 15) is 4.79 Å². The highest BCUT2D eigenvalue weighted by molar-refractivity contribution is 5.90. The van der Waals surface area contributed by atoms with Gasteiger partial charge in [0.15, 0.2) is 5.76 Å². The molecule has 1 N–H and O–H groups in total. The van der Waals surface area contributed by atoms with Gasteiger partial charge in [-0.15, -0.1) is 5.10 Å². The van der Waals surface area contributed by atoms with Crippen LogP contribution in [0.3, 0.4) is 0 Å². The van der Waals surface area contributed by atoms with Crippen molar-refractivity contribution in [2.24, 2.45) is 5.92 Å². The van der Waals surface area contributed by atoms with Crippen LogP contribution < -0.4 is 10.1 Å². The number of carbonyl (C=O) groups excluding carboxylic acids is 1. The summed E-state index contributed by atoms with van der Waals surface area (Å²) in [6, 6.07) is 11.2. The van der Waals surface area contributed by atoms with Crippen molar-refractivity contribution in [1.82, 2.24) is 14.8 Å². The van der Waals surface area contributed by atoms with E-state index in [1.165, 1.54) is 0 Å². The fourth-order valence-corrected chi connectivity index (χ4v) is 2.58. The van der Waals surface area contributed by atoms with E-state index in [0.717, 1.165) is 11.4 Å². The molecule has 0 aliphatic rings. The third-order valence-electron chi connectivity index (χ3n) is 3.84. The molecule has 3 aromatic rings. The van der Waals surface area contributed by atoms with Crippen LogP contribution in [0.1, 0.15) is 20.3 Å². The van der Waals surface area contributed by atoms with Gasteiger partial charge in [0.1, 0.15) is 6.61 Å². The number of carbonyl (C=O) groups is 1. The molecule has 2 heterocycles. The summed E-state index contributed by atoms with van der Waals surface area (Å²) in [7, 11) is 1.60. The average molecular weight is 384 g/mol. The minimum Gasteiger partial charge on any atom is -0.461 e. The zero-order chi connectivity index (χ0) is 19.9. The van der Waals surface area contributed by atoms with Crippen LogP contribution in [-0.4, -0.2) is 41.0 Å². The molecule has 0 unspecified atom stereocenters. The first-order chi connectivity index (χ1) is 13.6. The number of methoxy groups -OCH3 is 1. The van der Waals surface area contributed by atoms with Crippen molar-refractivity contribution < 1.29 is 18.7 Å². The van der Waals surface area contributed by atoms with E-state index in [1.807, 2.05) is 38.1 Å². The van der Waals surface area contributed by atoms with E-state index < -0.39 is 0 Å². The van der Waals surface area contributed by atoms with E-state index >= 15 is 0 Å². The lowest BCUT2D eigenvalue weighted by Gasteiger charge is -2.08. The average Bonchev–Trinajstić information content (AvgIpc) is 3.31. The highest BCUT2D eigenvalue weighted by Crippen LogP contribution is 2.24. The van der Waals surface area contributed by atoms with Crippen molar-refractivity contribution in [3.63, 3.8) is 0 Å². The van der Waals surface area contributed by atoms with Gasteiger partial charge in [-0.3, -0.25) is 4.79 Å². The number of nitrogens with zero attached hydrogens (tertiary/aromatic N) is 3. The van der Waals surface area contributed by atoms with Crippen molar-refractivity contribution >= 4 is 11.6 Å². The lowest BCUT2D eigenvalue weighted by Crippen LogP contribution is -2.13. The van der Waals surface area contributed by atoms with Gasteiger partial charge in [-0.1, -0.05) is 13.8 Å². The van der Waals surface area contributed by atoms with Crippen LogP contribution in [0.2, 0.25) is 0 Å². The maximum absolute atomic E-state index is 11.9. The Labute approximate surface area is 163 Å². The molecule has 0 bridgehead atoms. The van der Waals surface area contributed by atoms with Crippen LogP contribution in [0.25, 0.3) is 17.3 Å². The van der Waals surface area contributed by atoms with Crippen LogP contribution in [-0.2, 0) is 9.53 Å². The van der Waals surface area contributed by atoms with Gasteiger partial charge in [0.2, 0.25) is 11.7 Å². The molecule has 3 rings (SSSR count). The third-order valence-corrected chi connectivity index (χ3v) is 3.84. The number of aromatic nitrogens is 3. The molecule has 0 spiro atoms. The number of benzene rings is 1. The molecule has 0 atom stereocenters. The van der Waals surface area contributed by atoms with E-state index in [2.05, 4.69) is 15.4 Å². The summed E-state index contributed by atoms with van der Waals surface area (Å²) in [5.74, 6) is 1.40. The summed E-state index contributed by atoms with van der Waals surface area (Å²) < 4.78 is 17.6. The first kappa shape index (κ1) is 19.6. The quantitative estimate of drug-likeness (QED) is 0.568. The first-order valence-corrected chi connectivity index (χ1v) is 9.09. The number of ether oxygens (including phenoxy) is 2. The summed E-state index contributed by atoms with van der Waals surface area (Å²) in [5.41, 5.74) is 1.49. The highest BCUT2D eigenvalue weighted by Gasteiger charge is 2.17. The molecule has 0 aliphatic carbocycles. The second-order valence-electron chi connectivity index (χ2n) is 6.64. The smallest absolute Gasteiger partial charge is 0.336 e. The van der Waals surface area contributed by atoms with Crippen LogP contribution in [0, 0.1) is 5.92 Å². The number of hydrogen-bond donors (Lipinski definition) is 1. The van der Waals surface area contributed by atoms with Gasteiger partial charge in [0.05, 0.1) is 18.6 Å². The number of nitrogens with one attached hydrogen (secondary N) is 1. The second kappa shape index (κ2) is 9.18. The fourth-order valence-electron chi connectivity index (χ4n) is 2.58. The molecule has 148 valence electrons. The van der Waals surface area contributed by atoms with Crippen molar-refractivity contribution in [2.45, 2.75) is 20.3 Å². The molecule has 8 heteroatoms. The fraction of sp³-hybridized carbons (Fsp3) is 0.350. The Morgan fingerprint density at radius 1 is 1.21 bits per heavy atom. The number of amides is 1. The largest absolute Gasteiger partial charge is 0.461 e. The van der Waals surface area contributed by atoms with E-state index in [0.29, 0.717) is 37.1 Å². The molecule has 28 heavy (non-hydrogen) atoms. The predicted octanol–water partition coefficient (Wildman–Crippen LogP) is 3.54. The van der Waals surface area contributed by atoms with Crippen molar-refractivity contribution in [3.8, 4) is 23.3 Å². The Kier molecular flexibility index (Phi) is 6.44. The molecule has 0 saturated heterocycles. The van der Waals surface area contributed by atoms with Crippen LogP contribution >= 0.6 is 0 Å². The lowest BCUT2D eigenvalue weighted by atomic mass is 10.1. The SMILES string of the molecule is COCCOc1nc(-c2ccco2)n(-c2ccc(NC(=O)CC(C)C)cc2)n1. The van der Waals surface area contributed by atoms with Gasteiger partial charge in [-0.05, 0) is 42.3 Å². The van der Waals surface area contributed by atoms with Gasteiger partial charge in [-0.25, -0.2) is 4.68 Å². The second-order valence-corrected chi connectivity index (χ2v) is 6.64. The predicted molar refractivity (Wildman–Crippen MR) is 105 cm³/mol. The number of anilines is 1. The Morgan fingerprint density at radius 2 is 2.00 bits per heavy atom. The minimum absolute atomic E-state index is 0.00592. The van der Waals surface area contributed by atoms with Gasteiger partial charge in [-0.2, -0.15) is 4.98 Å². The van der Waals surface area contributed by atoms with E-state index in [1.54, 1.807) is 30.2 Å². The molecule has 0 fully saturated rings. The molecule has 8 nitrogen and oxygen atoms in total. The van der Waals surface area contributed by atoms with Gasteiger partial charge in [0.25, 0.3) is 0 Å². The third kappa shape index (κ3) is 4.98. The van der Waals surface area contributed by atoms with Gasteiger partial charge >= 0.3 is 6.01 Å². The van der Waals surface area contributed by atoms with Gasteiger partial charge in [0, 0.05) is 19.2 Å². The first-order valence-electron chi connectivity index (χ1n) is 9.09. The molecule has 1 aromatic carbocycles. The summed E-state index contributed by atoms with van der Waals surface area (Å²) in [6.45, 7) is 4.81. The monoisotopic (exact) mass is 384 g/mol. The summed E-state index contributed by atoms with van der Waals surface area (Å²) in [5, 5.41) is 7.31. The normalized spacial score (nSPS) is 11.0.